The summed E-state index contributed by atoms with van der Waals surface area (Å²) in [6.07, 6.45) is 5.17. The first-order valence-electron chi connectivity index (χ1n) is 6.06. The van der Waals surface area contributed by atoms with Gasteiger partial charge in [-0.3, -0.25) is 0 Å². The van der Waals surface area contributed by atoms with Gasteiger partial charge in [0.1, 0.15) is 5.75 Å². The maximum absolute atomic E-state index is 6.03. The molecule has 17 heavy (non-hydrogen) atoms. The van der Waals surface area contributed by atoms with E-state index in [1.54, 1.807) is 11.3 Å². The normalized spacial score (nSPS) is 16.8. The number of nitrogens with zero attached hydrogens (tertiary/aromatic N) is 1. The minimum absolute atomic E-state index is 0.342. The van der Waals surface area contributed by atoms with Crippen LogP contribution in [0.25, 0.3) is 10.2 Å². The molecular weight excluding hydrogens is 232 g/mol. The molecule has 1 fully saturated rings. The highest BCUT2D eigenvalue weighted by atomic mass is 32.1. The molecule has 0 amide bonds. The van der Waals surface area contributed by atoms with Crippen molar-refractivity contribution >= 4 is 27.2 Å². The Morgan fingerprint density at radius 3 is 2.88 bits per heavy atom. The van der Waals surface area contributed by atoms with Gasteiger partial charge in [0.05, 0.1) is 27.0 Å². The Labute approximate surface area is 105 Å². The minimum Gasteiger partial charge on any atom is -0.488 e. The van der Waals surface area contributed by atoms with E-state index in [0.29, 0.717) is 6.10 Å². The van der Waals surface area contributed by atoms with Gasteiger partial charge in [-0.2, -0.15) is 0 Å². The molecule has 0 aliphatic heterocycles. The molecule has 0 saturated heterocycles. The van der Waals surface area contributed by atoms with Gasteiger partial charge < -0.3 is 10.5 Å². The highest BCUT2D eigenvalue weighted by Gasteiger charge is 2.18. The van der Waals surface area contributed by atoms with Gasteiger partial charge in [0, 0.05) is 6.07 Å². The Balaban J connectivity index is 1.94. The fraction of sp³-hybridized carbons (Fsp3) is 0.462. The van der Waals surface area contributed by atoms with Gasteiger partial charge in [-0.15, -0.1) is 11.3 Å². The van der Waals surface area contributed by atoms with Crippen molar-refractivity contribution in [3.05, 3.63) is 17.1 Å². The Morgan fingerprint density at radius 1 is 1.35 bits per heavy atom. The predicted octanol–water partition coefficient (Wildman–Crippen LogP) is 3.51. The molecule has 2 N–H and O–H groups in total. The Hall–Kier alpha value is -1.29. The Bertz CT molecular complexity index is 544. The second-order valence-corrected chi connectivity index (χ2v) is 5.85. The lowest BCUT2D eigenvalue weighted by atomic mass is 10.2. The van der Waals surface area contributed by atoms with E-state index in [1.807, 2.05) is 19.1 Å². The van der Waals surface area contributed by atoms with Crippen molar-refractivity contribution in [1.82, 2.24) is 4.98 Å². The molecule has 3 rings (SSSR count). The van der Waals surface area contributed by atoms with E-state index in [4.69, 9.17) is 10.5 Å². The molecule has 4 heteroatoms. The van der Waals surface area contributed by atoms with Crippen LogP contribution < -0.4 is 10.5 Å². The summed E-state index contributed by atoms with van der Waals surface area (Å²) in [5.74, 6) is 0.801. The van der Waals surface area contributed by atoms with Crippen molar-refractivity contribution in [3.8, 4) is 5.75 Å². The summed E-state index contributed by atoms with van der Waals surface area (Å²) in [6, 6.07) is 3.96. The number of fused-ring (bicyclic) bond motifs is 1. The number of hydrogen-bond acceptors (Lipinski definition) is 4. The van der Waals surface area contributed by atoms with Crippen molar-refractivity contribution < 1.29 is 4.74 Å². The molecule has 0 bridgehead atoms. The van der Waals surface area contributed by atoms with E-state index in [-0.39, 0.29) is 0 Å². The highest BCUT2D eigenvalue weighted by molar-refractivity contribution is 7.18. The zero-order chi connectivity index (χ0) is 11.8. The zero-order valence-corrected chi connectivity index (χ0v) is 10.7. The molecule has 0 atom stereocenters. The quantitative estimate of drug-likeness (QED) is 0.827. The highest BCUT2D eigenvalue weighted by Crippen LogP contribution is 2.33. The lowest BCUT2D eigenvalue weighted by Gasteiger charge is -2.14. The second kappa shape index (κ2) is 4.18. The molecule has 1 heterocycles. The Morgan fingerprint density at radius 2 is 2.12 bits per heavy atom. The molecule has 1 aromatic carbocycles. The van der Waals surface area contributed by atoms with E-state index in [2.05, 4.69) is 4.98 Å². The molecule has 1 aliphatic carbocycles. The van der Waals surface area contributed by atoms with Crippen LogP contribution >= 0.6 is 11.3 Å². The number of aromatic nitrogens is 1. The Kier molecular flexibility index (Phi) is 2.67. The lowest BCUT2D eigenvalue weighted by molar-refractivity contribution is 0.211. The summed E-state index contributed by atoms with van der Waals surface area (Å²) in [6.45, 7) is 2.01. The SMILES string of the molecule is Cc1nc2cc(OC3CCCC3)c(N)cc2s1. The molecule has 90 valence electrons. The van der Waals surface area contributed by atoms with Crippen molar-refractivity contribution in [2.24, 2.45) is 0 Å². The third-order valence-electron chi connectivity index (χ3n) is 3.22. The van der Waals surface area contributed by atoms with Crippen LogP contribution in [0, 0.1) is 6.92 Å². The van der Waals surface area contributed by atoms with E-state index >= 15 is 0 Å². The van der Waals surface area contributed by atoms with E-state index < -0.39 is 0 Å². The topological polar surface area (TPSA) is 48.1 Å². The van der Waals surface area contributed by atoms with Crippen molar-refractivity contribution in [1.29, 1.82) is 0 Å². The van der Waals surface area contributed by atoms with Gasteiger partial charge in [0.2, 0.25) is 0 Å². The van der Waals surface area contributed by atoms with Crippen LogP contribution in [0.3, 0.4) is 0 Å². The van der Waals surface area contributed by atoms with E-state index in [9.17, 15) is 0 Å². The fourth-order valence-corrected chi connectivity index (χ4v) is 3.23. The van der Waals surface area contributed by atoms with Crippen LogP contribution in [0.2, 0.25) is 0 Å². The number of hydrogen-bond donors (Lipinski definition) is 1. The molecule has 0 radical (unpaired) electrons. The number of benzene rings is 1. The minimum atomic E-state index is 0.342. The summed E-state index contributed by atoms with van der Waals surface area (Å²) in [7, 11) is 0. The van der Waals surface area contributed by atoms with Gasteiger partial charge in [-0.25, -0.2) is 4.98 Å². The standard InChI is InChI=1S/C13H16N2OS/c1-8-15-11-7-12(10(14)6-13(11)17-8)16-9-4-2-3-5-9/h6-7,9H,2-5,14H2,1H3. The summed E-state index contributed by atoms with van der Waals surface area (Å²) in [5.41, 5.74) is 7.75. The number of ether oxygens (including phenoxy) is 1. The average Bonchev–Trinajstić information content (AvgIpc) is 2.87. The number of nitrogens with two attached hydrogens (primary N) is 1. The van der Waals surface area contributed by atoms with Crippen molar-refractivity contribution in [2.45, 2.75) is 38.7 Å². The van der Waals surface area contributed by atoms with Crippen molar-refractivity contribution in [3.63, 3.8) is 0 Å². The van der Waals surface area contributed by atoms with Crippen molar-refractivity contribution in [2.75, 3.05) is 5.73 Å². The first kappa shape index (κ1) is 10.8. The van der Waals surface area contributed by atoms with Crippen LogP contribution in [-0.4, -0.2) is 11.1 Å². The maximum Gasteiger partial charge on any atom is 0.144 e. The van der Waals surface area contributed by atoms with Crippen LogP contribution in [0.15, 0.2) is 12.1 Å². The molecule has 1 aliphatic rings. The first-order valence-corrected chi connectivity index (χ1v) is 6.87. The second-order valence-electron chi connectivity index (χ2n) is 4.61. The summed E-state index contributed by atoms with van der Waals surface area (Å²) < 4.78 is 7.10. The van der Waals surface area contributed by atoms with Crippen LogP contribution in [0.1, 0.15) is 30.7 Å². The molecule has 0 unspecified atom stereocenters. The van der Waals surface area contributed by atoms with Crippen LogP contribution in [-0.2, 0) is 0 Å². The summed E-state index contributed by atoms with van der Waals surface area (Å²) in [4.78, 5) is 4.47. The van der Waals surface area contributed by atoms with Gasteiger partial charge in [0.15, 0.2) is 0 Å². The number of nitrogen functional groups attached to an aromatic ring is 1. The van der Waals surface area contributed by atoms with Gasteiger partial charge in [0.25, 0.3) is 0 Å². The predicted molar refractivity (Wildman–Crippen MR) is 71.7 cm³/mol. The lowest BCUT2D eigenvalue weighted by Crippen LogP contribution is -2.11. The zero-order valence-electron chi connectivity index (χ0n) is 9.90. The van der Waals surface area contributed by atoms with E-state index in [0.717, 1.165) is 39.5 Å². The molecule has 1 aromatic heterocycles. The monoisotopic (exact) mass is 248 g/mol. The molecule has 0 spiro atoms. The largest absolute Gasteiger partial charge is 0.488 e. The third-order valence-corrected chi connectivity index (χ3v) is 4.16. The molecule has 3 nitrogen and oxygen atoms in total. The average molecular weight is 248 g/mol. The smallest absolute Gasteiger partial charge is 0.144 e. The van der Waals surface area contributed by atoms with E-state index in [1.165, 1.54) is 12.8 Å². The van der Waals surface area contributed by atoms with Gasteiger partial charge in [-0.05, 0) is 38.7 Å². The number of rotatable bonds is 2. The summed E-state index contributed by atoms with van der Waals surface area (Å²) in [5, 5.41) is 1.07. The molecule has 1 saturated carbocycles. The number of anilines is 1. The van der Waals surface area contributed by atoms with Gasteiger partial charge in [-0.1, -0.05) is 0 Å². The molecular formula is C13H16N2OS. The fourth-order valence-electron chi connectivity index (χ4n) is 2.37. The third kappa shape index (κ3) is 2.09. The first-order chi connectivity index (χ1) is 8.22. The molecule has 2 aromatic rings. The van der Waals surface area contributed by atoms with Crippen LogP contribution in [0.5, 0.6) is 5.75 Å². The maximum atomic E-state index is 6.03. The number of thiazole rings is 1. The van der Waals surface area contributed by atoms with Gasteiger partial charge >= 0.3 is 0 Å². The number of aryl methyl sites for hydroxylation is 1. The summed E-state index contributed by atoms with van der Waals surface area (Å²) >= 11 is 1.67. The van der Waals surface area contributed by atoms with Crippen LogP contribution in [0.4, 0.5) is 5.69 Å².